The largest absolute Gasteiger partial charge is 0.361 e. The number of thioether (sulfide) groups is 1. The smallest absolute Gasteiger partial charge is 0.266 e. The van der Waals surface area contributed by atoms with Gasteiger partial charge in [0.15, 0.2) is 10.3 Å². The summed E-state index contributed by atoms with van der Waals surface area (Å²) >= 11 is 3.13. The number of para-hydroxylation sites is 1. The van der Waals surface area contributed by atoms with Gasteiger partial charge in [0.05, 0.1) is 10.2 Å². The number of amidine groups is 1. The molecule has 0 radical (unpaired) electrons. The summed E-state index contributed by atoms with van der Waals surface area (Å²) < 4.78 is 1.20. The maximum atomic E-state index is 12.3. The fourth-order valence-electron chi connectivity index (χ4n) is 3.38. The zero-order chi connectivity index (χ0) is 21.0. The second kappa shape index (κ2) is 8.91. The van der Waals surface area contributed by atoms with E-state index in [1.54, 1.807) is 11.3 Å². The van der Waals surface area contributed by atoms with Crippen molar-refractivity contribution in [2.24, 2.45) is 4.99 Å². The van der Waals surface area contributed by atoms with E-state index in [0.29, 0.717) is 5.17 Å². The molecule has 7 heteroatoms. The molecule has 31 heavy (non-hydrogen) atoms. The van der Waals surface area contributed by atoms with Crippen LogP contribution in [0, 0.1) is 0 Å². The van der Waals surface area contributed by atoms with E-state index in [2.05, 4.69) is 38.8 Å². The Kier molecular flexibility index (Phi) is 5.69. The van der Waals surface area contributed by atoms with Gasteiger partial charge < -0.3 is 10.6 Å². The number of aliphatic imine (C=N–C) groups is 1. The third-order valence-electron chi connectivity index (χ3n) is 4.96. The maximum absolute atomic E-state index is 12.3. The molecule has 154 valence electrons. The van der Waals surface area contributed by atoms with E-state index in [9.17, 15) is 4.79 Å². The molecule has 5 rings (SSSR count). The Balaban J connectivity index is 1.14. The predicted molar refractivity (Wildman–Crippen MR) is 131 cm³/mol. The van der Waals surface area contributed by atoms with Crippen LogP contribution in [0.5, 0.6) is 0 Å². The van der Waals surface area contributed by atoms with Gasteiger partial charge in [-0.1, -0.05) is 77.7 Å². The number of carbonyl (C=O) groups excluding carboxylic acids is 1. The van der Waals surface area contributed by atoms with Gasteiger partial charge in [-0.2, -0.15) is 4.99 Å². The number of amides is 1. The van der Waals surface area contributed by atoms with Gasteiger partial charge in [0.1, 0.15) is 5.25 Å². The first-order chi connectivity index (χ1) is 15.2. The van der Waals surface area contributed by atoms with Crippen molar-refractivity contribution in [3.05, 3.63) is 90.0 Å². The lowest BCUT2D eigenvalue weighted by molar-refractivity contribution is -0.117. The van der Waals surface area contributed by atoms with Crippen molar-refractivity contribution >= 4 is 55.2 Å². The van der Waals surface area contributed by atoms with E-state index < -0.39 is 0 Å². The second-order valence-corrected chi connectivity index (χ2v) is 9.27. The van der Waals surface area contributed by atoms with Gasteiger partial charge in [0.25, 0.3) is 5.91 Å². The average molecular weight is 445 g/mol. The highest BCUT2D eigenvalue weighted by Gasteiger charge is 2.29. The Hall–Kier alpha value is -3.16. The van der Waals surface area contributed by atoms with Crippen LogP contribution in [0.25, 0.3) is 10.2 Å². The molecule has 3 aromatic carbocycles. The summed E-state index contributed by atoms with van der Waals surface area (Å²) in [5.74, 6) is -0.115. The number of aromatic nitrogens is 1. The summed E-state index contributed by atoms with van der Waals surface area (Å²) in [6, 6.07) is 26.2. The number of anilines is 2. The minimum Gasteiger partial charge on any atom is -0.361 e. The predicted octanol–water partition coefficient (Wildman–Crippen LogP) is 5.73. The van der Waals surface area contributed by atoms with Crippen LogP contribution in [0.4, 0.5) is 10.8 Å². The van der Waals surface area contributed by atoms with E-state index in [1.807, 2.05) is 60.7 Å². The molecule has 0 saturated heterocycles. The minimum atomic E-state index is -0.267. The van der Waals surface area contributed by atoms with Crippen molar-refractivity contribution in [3.8, 4) is 0 Å². The molecule has 1 aliphatic heterocycles. The van der Waals surface area contributed by atoms with Crippen LogP contribution < -0.4 is 10.6 Å². The fraction of sp³-hybridized carbons (Fsp3) is 0.125. The second-order valence-electron chi connectivity index (χ2n) is 7.15. The van der Waals surface area contributed by atoms with Crippen LogP contribution in [0.15, 0.2) is 83.9 Å². The first-order valence-corrected chi connectivity index (χ1v) is 11.7. The topological polar surface area (TPSA) is 66.4 Å². The number of benzene rings is 3. The van der Waals surface area contributed by atoms with Gasteiger partial charge in [-0.3, -0.25) is 4.79 Å². The van der Waals surface area contributed by atoms with Gasteiger partial charge in [0, 0.05) is 12.2 Å². The summed E-state index contributed by atoms with van der Waals surface area (Å²) in [6.07, 6.45) is 0.903. The summed E-state index contributed by atoms with van der Waals surface area (Å²) in [6.45, 7) is 0.822. The maximum Gasteiger partial charge on any atom is 0.266 e. The molecule has 1 unspecified atom stereocenters. The van der Waals surface area contributed by atoms with Crippen LogP contribution >= 0.6 is 23.1 Å². The summed E-state index contributed by atoms with van der Waals surface area (Å²) in [5.41, 5.74) is 4.18. The third-order valence-corrected chi connectivity index (χ3v) is 7.08. The molecular weight excluding hydrogens is 424 g/mol. The molecule has 4 aromatic rings. The Morgan fingerprint density at radius 3 is 2.48 bits per heavy atom. The highest BCUT2D eigenvalue weighted by molar-refractivity contribution is 8.15. The standard InChI is InChI=1S/C24H20N4OS2/c29-22-21(17-6-2-1-3-7-17)31-24(28-22)26-18-12-10-16(11-13-18)14-15-25-23-27-19-8-4-5-9-20(19)30-23/h1-13,21H,14-15H2,(H,25,27)(H,26,28,29). The number of hydrogen-bond donors (Lipinski definition) is 2. The van der Waals surface area contributed by atoms with Crippen LogP contribution in [-0.2, 0) is 11.2 Å². The first kappa shape index (κ1) is 19.8. The molecule has 0 fully saturated rings. The molecule has 1 amide bonds. The summed E-state index contributed by atoms with van der Waals surface area (Å²) in [4.78, 5) is 21.0. The molecular formula is C24H20N4OS2. The number of nitrogens with one attached hydrogen (secondary N) is 2. The molecule has 1 aromatic heterocycles. The average Bonchev–Trinajstić information content (AvgIpc) is 3.38. The lowest BCUT2D eigenvalue weighted by Crippen LogP contribution is -2.06. The van der Waals surface area contributed by atoms with Gasteiger partial charge in [-0.05, 0) is 41.8 Å². The summed E-state index contributed by atoms with van der Waals surface area (Å²) in [7, 11) is 0. The zero-order valence-electron chi connectivity index (χ0n) is 16.6. The molecule has 1 aliphatic rings. The van der Waals surface area contributed by atoms with Crippen LogP contribution in [0.1, 0.15) is 16.4 Å². The third kappa shape index (κ3) is 4.62. The molecule has 0 spiro atoms. The highest BCUT2D eigenvalue weighted by atomic mass is 32.2. The molecule has 5 nitrogen and oxygen atoms in total. The van der Waals surface area contributed by atoms with Gasteiger partial charge in [0.2, 0.25) is 0 Å². The van der Waals surface area contributed by atoms with E-state index >= 15 is 0 Å². The Bertz CT molecular complexity index is 1200. The number of hydrogen-bond acceptors (Lipinski definition) is 6. The van der Waals surface area contributed by atoms with Gasteiger partial charge in [-0.25, -0.2) is 4.98 Å². The van der Waals surface area contributed by atoms with Crippen molar-refractivity contribution in [3.63, 3.8) is 0 Å². The van der Waals surface area contributed by atoms with Crippen molar-refractivity contribution < 1.29 is 4.79 Å². The molecule has 0 aliphatic carbocycles. The number of rotatable bonds is 6. The fourth-order valence-corrected chi connectivity index (χ4v) is 5.26. The normalized spacial score (nSPS) is 15.8. The van der Waals surface area contributed by atoms with Crippen LogP contribution in [0.2, 0.25) is 0 Å². The van der Waals surface area contributed by atoms with Crippen molar-refractivity contribution in [2.45, 2.75) is 11.7 Å². The number of nitrogens with zero attached hydrogens (tertiary/aromatic N) is 2. The lowest BCUT2D eigenvalue weighted by atomic mass is 10.1. The van der Waals surface area contributed by atoms with Gasteiger partial charge in [-0.15, -0.1) is 0 Å². The SMILES string of the molecule is O=C1N=C(Nc2ccc(CCNc3nc4ccccc4s3)cc2)SC1c1ccccc1. The van der Waals surface area contributed by atoms with E-state index in [4.69, 9.17) is 0 Å². The quantitative estimate of drug-likeness (QED) is 0.397. The Labute approximate surface area is 188 Å². The first-order valence-electron chi connectivity index (χ1n) is 10.0. The number of carbonyl (C=O) groups is 1. The number of fused-ring (bicyclic) bond motifs is 1. The molecule has 0 saturated carbocycles. The summed E-state index contributed by atoms with van der Waals surface area (Å²) in [5, 5.41) is 8.00. The van der Waals surface area contributed by atoms with E-state index in [-0.39, 0.29) is 11.2 Å². The lowest BCUT2D eigenvalue weighted by Gasteiger charge is -2.09. The molecule has 0 bridgehead atoms. The van der Waals surface area contributed by atoms with Crippen LogP contribution in [-0.4, -0.2) is 22.6 Å². The highest BCUT2D eigenvalue weighted by Crippen LogP contribution is 2.36. The van der Waals surface area contributed by atoms with Gasteiger partial charge >= 0.3 is 0 Å². The molecule has 1 atom stereocenters. The van der Waals surface area contributed by atoms with Crippen molar-refractivity contribution in [2.75, 3.05) is 17.2 Å². The number of thiazole rings is 1. The Morgan fingerprint density at radius 1 is 0.903 bits per heavy atom. The minimum absolute atomic E-state index is 0.115. The zero-order valence-corrected chi connectivity index (χ0v) is 18.2. The van der Waals surface area contributed by atoms with Crippen LogP contribution in [0.3, 0.4) is 0 Å². The van der Waals surface area contributed by atoms with Crippen molar-refractivity contribution in [1.82, 2.24) is 4.98 Å². The monoisotopic (exact) mass is 444 g/mol. The molecule has 2 N–H and O–H groups in total. The Morgan fingerprint density at radius 2 is 1.68 bits per heavy atom. The van der Waals surface area contributed by atoms with E-state index in [0.717, 1.165) is 34.9 Å². The van der Waals surface area contributed by atoms with Crippen molar-refractivity contribution in [1.29, 1.82) is 0 Å². The molecule has 2 heterocycles. The van der Waals surface area contributed by atoms with E-state index in [1.165, 1.54) is 22.0 Å².